The normalized spacial score (nSPS) is 19.4. The minimum Gasteiger partial charge on any atom is -0.549 e. The van der Waals surface area contributed by atoms with E-state index in [4.69, 9.17) is 0 Å². The molecule has 287 valence electrons. The standard InChI is InChI=1S/C36H64N4O9.Gd.Na/c1-3-5-7-9-11-13-19-39(20-14-12-10-8-6-4-2)35(49)29-15-17-30(18-16-29)36(40(25-33(45)46)26-34(47)48)27-37(23-31(41)42)21-22-38(28-36)24-32(43)44;;/h29-30H,3-28H2,1-2H3,(H,41,42)(H,43,44)(H,45,46)(H,47,48);;/q;+3;+1/p-4. The van der Waals surface area contributed by atoms with Crippen LogP contribution in [0.5, 0.6) is 0 Å². The van der Waals surface area contributed by atoms with Crippen LogP contribution < -0.4 is 50.0 Å². The van der Waals surface area contributed by atoms with Crippen molar-refractivity contribution in [2.45, 2.75) is 122 Å². The molecule has 0 atom stereocenters. The Labute approximate surface area is 359 Å². The van der Waals surface area contributed by atoms with Gasteiger partial charge in [0, 0.05) is 76.9 Å². The number of unbranched alkanes of at least 4 members (excludes halogenated alkanes) is 10. The minimum atomic E-state index is -1.52. The Kier molecular flexibility index (Phi) is 27.8. The first-order valence-corrected chi connectivity index (χ1v) is 18.7. The number of rotatable bonds is 25. The number of carboxylic acid groups (broad SMARTS) is 4. The summed E-state index contributed by atoms with van der Waals surface area (Å²) in [6.07, 6.45) is 15.4. The first kappa shape index (κ1) is 50.6. The fourth-order valence-corrected chi connectivity index (χ4v) is 7.93. The van der Waals surface area contributed by atoms with Crippen molar-refractivity contribution in [2.75, 3.05) is 65.4 Å². The van der Waals surface area contributed by atoms with Crippen LogP contribution in [0.2, 0.25) is 0 Å². The van der Waals surface area contributed by atoms with E-state index in [2.05, 4.69) is 13.8 Å². The van der Waals surface area contributed by atoms with Gasteiger partial charge in [0.1, 0.15) is 0 Å². The second-order valence-corrected chi connectivity index (χ2v) is 14.3. The first-order valence-electron chi connectivity index (χ1n) is 18.7. The summed E-state index contributed by atoms with van der Waals surface area (Å²) in [6, 6.07) is 0. The Hall–Kier alpha value is -0.445. The molecule has 0 bridgehead atoms. The molecule has 0 aromatic carbocycles. The summed E-state index contributed by atoms with van der Waals surface area (Å²) in [5.41, 5.74) is -1.29. The van der Waals surface area contributed by atoms with Crippen molar-refractivity contribution in [1.82, 2.24) is 19.6 Å². The molecule has 1 radical (unpaired) electrons. The number of hydrogen-bond acceptors (Lipinski definition) is 12. The van der Waals surface area contributed by atoms with Gasteiger partial charge in [-0.15, -0.1) is 0 Å². The van der Waals surface area contributed by atoms with Gasteiger partial charge in [0.2, 0.25) is 5.91 Å². The fraction of sp³-hybridized carbons (Fsp3) is 0.861. The third-order valence-corrected chi connectivity index (χ3v) is 10.4. The number of carboxylic acids is 4. The van der Waals surface area contributed by atoms with Crippen LogP contribution in [0.15, 0.2) is 0 Å². The largest absolute Gasteiger partial charge is 3.00 e. The van der Waals surface area contributed by atoms with Crippen molar-refractivity contribution < 1.29 is 114 Å². The van der Waals surface area contributed by atoms with E-state index in [1.807, 2.05) is 4.90 Å². The zero-order chi connectivity index (χ0) is 36.2. The summed E-state index contributed by atoms with van der Waals surface area (Å²) in [4.78, 5) is 67.6. The molecule has 1 aliphatic heterocycles. The first-order chi connectivity index (χ1) is 23.4. The fourth-order valence-electron chi connectivity index (χ4n) is 7.93. The number of carbonyl (C=O) groups is 5. The molecule has 2 aliphatic rings. The number of amides is 1. The molecule has 15 heteroatoms. The number of carbonyl (C=O) groups excluding carboxylic acids is 5. The summed E-state index contributed by atoms with van der Waals surface area (Å²) in [7, 11) is 0. The monoisotopic (exact) mass is 873 g/mol. The van der Waals surface area contributed by atoms with Gasteiger partial charge in [-0.2, -0.15) is 0 Å². The van der Waals surface area contributed by atoms with E-state index in [1.54, 1.807) is 9.80 Å². The van der Waals surface area contributed by atoms with Crippen LogP contribution in [0.3, 0.4) is 0 Å². The Balaban J connectivity index is 0.0000125. The Morgan fingerprint density at radius 2 is 1.00 bits per heavy atom. The van der Waals surface area contributed by atoms with Gasteiger partial charge in [0.25, 0.3) is 0 Å². The van der Waals surface area contributed by atoms with Crippen LogP contribution in [-0.2, 0) is 24.0 Å². The van der Waals surface area contributed by atoms with Crippen LogP contribution in [0.25, 0.3) is 0 Å². The second kappa shape index (κ2) is 28.0. The molecule has 0 unspecified atom stereocenters. The molecule has 2 fully saturated rings. The molecule has 0 spiro atoms. The zero-order valence-electron chi connectivity index (χ0n) is 31.4. The summed E-state index contributed by atoms with van der Waals surface area (Å²) < 4.78 is 0. The Morgan fingerprint density at radius 3 is 1.37 bits per heavy atom. The van der Waals surface area contributed by atoms with Crippen molar-refractivity contribution in [1.29, 1.82) is 0 Å². The zero-order valence-corrected chi connectivity index (χ0v) is 35.6. The van der Waals surface area contributed by atoms with Gasteiger partial charge in [-0.25, -0.2) is 0 Å². The predicted octanol–water partition coefficient (Wildman–Crippen LogP) is -4.00. The van der Waals surface area contributed by atoms with E-state index in [0.717, 1.165) is 38.5 Å². The maximum atomic E-state index is 14.0. The average Bonchev–Trinajstić information content (AvgIpc) is 3.21. The van der Waals surface area contributed by atoms with E-state index in [9.17, 15) is 44.4 Å². The summed E-state index contributed by atoms with van der Waals surface area (Å²) in [5.74, 6) is -6.26. The molecule has 0 N–H and O–H groups in total. The van der Waals surface area contributed by atoms with Crippen LogP contribution >= 0.6 is 0 Å². The van der Waals surface area contributed by atoms with E-state index in [-0.39, 0.29) is 113 Å². The molecular formula is C36H60GdN4NaO9. The topological polar surface area (TPSA) is 191 Å². The number of nitrogens with zero attached hydrogens (tertiary/aromatic N) is 4. The smallest absolute Gasteiger partial charge is 0.549 e. The molecule has 1 aliphatic carbocycles. The molecule has 1 amide bonds. The SMILES string of the molecule is CCCCCCCCN(CCCCCCCC)C(=O)C1CCC(C2(N(CC(=O)[O-])CC(=O)[O-])CN(CC(=O)[O-])CCN(CC(=O)[O-])C2)CC1.[Gd+3].[Na+]. The van der Waals surface area contributed by atoms with E-state index < -0.39 is 55.6 Å². The maximum Gasteiger partial charge on any atom is 3.00 e. The van der Waals surface area contributed by atoms with Crippen LogP contribution in [-0.4, -0.2) is 120 Å². The molecule has 1 saturated carbocycles. The molecule has 0 aromatic rings. The summed E-state index contributed by atoms with van der Waals surface area (Å²) in [5, 5.41) is 47.3. The van der Waals surface area contributed by atoms with Gasteiger partial charge in [-0.3, -0.25) is 19.5 Å². The van der Waals surface area contributed by atoms with Gasteiger partial charge in [0.15, 0.2) is 0 Å². The Morgan fingerprint density at radius 1 is 0.608 bits per heavy atom. The molecule has 2 rings (SSSR count). The van der Waals surface area contributed by atoms with Crippen molar-refractivity contribution in [2.24, 2.45) is 11.8 Å². The molecule has 1 saturated heterocycles. The third kappa shape index (κ3) is 19.1. The van der Waals surface area contributed by atoms with E-state index in [1.165, 1.54) is 43.4 Å². The second-order valence-electron chi connectivity index (χ2n) is 14.3. The molecular weight excluding hydrogens is 813 g/mol. The third-order valence-electron chi connectivity index (χ3n) is 10.4. The van der Waals surface area contributed by atoms with Gasteiger partial charge in [-0.05, 0) is 44.4 Å². The molecule has 51 heavy (non-hydrogen) atoms. The number of aliphatic carboxylic acids is 4. The van der Waals surface area contributed by atoms with Gasteiger partial charge < -0.3 is 44.5 Å². The van der Waals surface area contributed by atoms with Crippen LogP contribution in [0.1, 0.15) is 117 Å². The van der Waals surface area contributed by atoms with Gasteiger partial charge in [-0.1, -0.05) is 78.1 Å². The summed E-state index contributed by atoms with van der Waals surface area (Å²) in [6.45, 7) is 3.50. The van der Waals surface area contributed by atoms with Gasteiger partial charge >= 0.3 is 69.5 Å². The predicted molar refractivity (Wildman–Crippen MR) is 176 cm³/mol. The summed E-state index contributed by atoms with van der Waals surface area (Å²) >= 11 is 0. The van der Waals surface area contributed by atoms with E-state index >= 15 is 0 Å². The van der Waals surface area contributed by atoms with Crippen molar-refractivity contribution in [3.8, 4) is 0 Å². The maximum absolute atomic E-state index is 14.0. The van der Waals surface area contributed by atoms with Crippen molar-refractivity contribution in [3.63, 3.8) is 0 Å². The molecule has 0 aromatic heterocycles. The minimum absolute atomic E-state index is 0. The van der Waals surface area contributed by atoms with E-state index in [0.29, 0.717) is 38.8 Å². The van der Waals surface area contributed by atoms with Crippen LogP contribution in [0.4, 0.5) is 0 Å². The van der Waals surface area contributed by atoms with Crippen molar-refractivity contribution in [3.05, 3.63) is 0 Å². The van der Waals surface area contributed by atoms with Crippen molar-refractivity contribution >= 4 is 29.8 Å². The quantitative estimate of drug-likeness (QED) is 0.0640. The van der Waals surface area contributed by atoms with Gasteiger partial charge in [0.05, 0.1) is 23.9 Å². The Bertz CT molecular complexity index is 990. The molecule has 13 nitrogen and oxygen atoms in total. The van der Waals surface area contributed by atoms with Crippen LogP contribution in [0, 0.1) is 51.8 Å². The number of hydrogen-bond donors (Lipinski definition) is 0. The molecule has 1 heterocycles. The average molecular weight is 873 g/mol.